The molecular formula is C19H22N6O2. The normalized spacial score (nSPS) is 20.6. The molecule has 3 heterocycles. The summed E-state index contributed by atoms with van der Waals surface area (Å²) in [5.41, 5.74) is 9.05. The first-order valence-electron chi connectivity index (χ1n) is 8.96. The van der Waals surface area contributed by atoms with Gasteiger partial charge in [-0.1, -0.05) is 18.2 Å². The van der Waals surface area contributed by atoms with Crippen molar-refractivity contribution in [2.75, 3.05) is 6.61 Å². The van der Waals surface area contributed by atoms with Gasteiger partial charge in [-0.15, -0.1) is 0 Å². The highest BCUT2D eigenvalue weighted by Gasteiger charge is 2.30. The number of hydrogen-bond acceptors (Lipinski definition) is 6. The first-order chi connectivity index (χ1) is 13.2. The van der Waals surface area contributed by atoms with Gasteiger partial charge in [-0.3, -0.25) is 15.2 Å². The maximum Gasteiger partial charge on any atom is 0.239 e. The Morgan fingerprint density at radius 2 is 2.19 bits per heavy atom. The fourth-order valence-electron chi connectivity index (χ4n) is 3.40. The number of rotatable bonds is 6. The standard InChI is InChI=1S/C19H22N6O2/c26-11-17(13-4-3-7-20-9-13)22-19(27)16-8-14(23-24-16)10-25-12-21-15-5-1-2-6-18(15)25/h1-7,9,12,14,16-17,23-24,26H,8,10-11H2,(H,22,27). The van der Waals surface area contributed by atoms with Crippen LogP contribution in [0.5, 0.6) is 0 Å². The van der Waals surface area contributed by atoms with Gasteiger partial charge in [-0.25, -0.2) is 10.4 Å². The van der Waals surface area contributed by atoms with Crippen LogP contribution in [0.4, 0.5) is 0 Å². The molecule has 0 bridgehead atoms. The van der Waals surface area contributed by atoms with Crippen LogP contribution in [0.3, 0.4) is 0 Å². The van der Waals surface area contributed by atoms with E-state index >= 15 is 0 Å². The number of para-hydroxylation sites is 2. The van der Waals surface area contributed by atoms with Gasteiger partial charge in [-0.2, -0.15) is 0 Å². The number of carbonyl (C=O) groups excluding carboxylic acids is 1. The molecule has 0 radical (unpaired) electrons. The molecule has 27 heavy (non-hydrogen) atoms. The van der Waals surface area contributed by atoms with Gasteiger partial charge in [0.25, 0.3) is 0 Å². The second kappa shape index (κ2) is 7.83. The van der Waals surface area contributed by atoms with E-state index in [4.69, 9.17) is 0 Å². The summed E-state index contributed by atoms with van der Waals surface area (Å²) >= 11 is 0. The van der Waals surface area contributed by atoms with E-state index in [1.807, 2.05) is 36.7 Å². The number of carbonyl (C=O) groups is 1. The van der Waals surface area contributed by atoms with Gasteiger partial charge in [0.15, 0.2) is 0 Å². The summed E-state index contributed by atoms with van der Waals surface area (Å²) in [6.45, 7) is 0.533. The van der Waals surface area contributed by atoms with Crippen molar-refractivity contribution >= 4 is 16.9 Å². The number of pyridine rings is 1. The van der Waals surface area contributed by atoms with Crippen LogP contribution < -0.4 is 16.2 Å². The Morgan fingerprint density at radius 1 is 1.30 bits per heavy atom. The van der Waals surface area contributed by atoms with Crippen LogP contribution in [0.25, 0.3) is 11.0 Å². The average Bonchev–Trinajstić information content (AvgIpc) is 3.35. The first kappa shape index (κ1) is 17.6. The highest BCUT2D eigenvalue weighted by atomic mass is 16.3. The van der Waals surface area contributed by atoms with Crippen LogP contribution in [-0.4, -0.2) is 44.2 Å². The van der Waals surface area contributed by atoms with E-state index in [1.54, 1.807) is 18.5 Å². The number of amides is 1. The number of aliphatic hydroxyl groups is 1. The van der Waals surface area contributed by atoms with Crippen molar-refractivity contribution in [2.45, 2.75) is 31.1 Å². The van der Waals surface area contributed by atoms with Crippen LogP contribution >= 0.6 is 0 Å². The van der Waals surface area contributed by atoms with Crippen LogP contribution in [0.15, 0.2) is 55.1 Å². The summed E-state index contributed by atoms with van der Waals surface area (Å²) < 4.78 is 2.08. The van der Waals surface area contributed by atoms with E-state index in [0.717, 1.165) is 16.6 Å². The van der Waals surface area contributed by atoms with E-state index < -0.39 is 6.04 Å². The van der Waals surface area contributed by atoms with Crippen LogP contribution in [-0.2, 0) is 11.3 Å². The molecule has 3 atom stereocenters. The van der Waals surface area contributed by atoms with Crippen LogP contribution in [0.2, 0.25) is 0 Å². The summed E-state index contributed by atoms with van der Waals surface area (Å²) in [6, 6.07) is 10.9. The van der Waals surface area contributed by atoms with Crippen molar-refractivity contribution in [3.8, 4) is 0 Å². The topological polar surface area (TPSA) is 104 Å². The Bertz CT molecular complexity index is 913. The molecule has 1 aliphatic rings. The Labute approximate surface area is 156 Å². The Kier molecular flexibility index (Phi) is 5.10. The Hall–Kier alpha value is -2.81. The van der Waals surface area contributed by atoms with Gasteiger partial charge in [0.2, 0.25) is 5.91 Å². The second-order valence-electron chi connectivity index (χ2n) is 6.69. The summed E-state index contributed by atoms with van der Waals surface area (Å²) in [5, 5.41) is 12.5. The zero-order chi connectivity index (χ0) is 18.6. The summed E-state index contributed by atoms with van der Waals surface area (Å²) in [5.74, 6) is -0.150. The first-order valence-corrected chi connectivity index (χ1v) is 8.96. The molecule has 3 unspecified atom stereocenters. The molecule has 2 aromatic heterocycles. The van der Waals surface area contributed by atoms with Gasteiger partial charge in [0.1, 0.15) is 6.04 Å². The van der Waals surface area contributed by atoms with Crippen LogP contribution in [0.1, 0.15) is 18.0 Å². The van der Waals surface area contributed by atoms with Crippen molar-refractivity contribution in [1.29, 1.82) is 0 Å². The van der Waals surface area contributed by atoms with Crippen molar-refractivity contribution in [2.24, 2.45) is 0 Å². The minimum Gasteiger partial charge on any atom is -0.394 e. The molecule has 0 saturated carbocycles. The minimum atomic E-state index is -0.468. The molecule has 8 nitrogen and oxygen atoms in total. The largest absolute Gasteiger partial charge is 0.394 e. The number of hydrogen-bond donors (Lipinski definition) is 4. The number of hydrazine groups is 1. The fourth-order valence-corrected chi connectivity index (χ4v) is 3.40. The van der Waals surface area contributed by atoms with Crippen molar-refractivity contribution < 1.29 is 9.90 Å². The molecule has 1 aliphatic heterocycles. The maximum atomic E-state index is 12.6. The second-order valence-corrected chi connectivity index (χ2v) is 6.69. The molecule has 0 aliphatic carbocycles. The van der Waals surface area contributed by atoms with Gasteiger partial charge >= 0.3 is 0 Å². The molecule has 4 N–H and O–H groups in total. The van der Waals surface area contributed by atoms with Crippen molar-refractivity contribution in [1.82, 2.24) is 30.7 Å². The summed E-state index contributed by atoms with van der Waals surface area (Å²) in [4.78, 5) is 21.0. The quantitative estimate of drug-likeness (QED) is 0.507. The molecular weight excluding hydrogens is 344 g/mol. The van der Waals surface area contributed by atoms with E-state index in [9.17, 15) is 9.90 Å². The van der Waals surface area contributed by atoms with E-state index in [-0.39, 0.29) is 24.6 Å². The van der Waals surface area contributed by atoms with Crippen molar-refractivity contribution in [3.63, 3.8) is 0 Å². The van der Waals surface area contributed by atoms with Gasteiger partial charge in [0.05, 0.1) is 30.0 Å². The summed E-state index contributed by atoms with van der Waals surface area (Å²) in [6.07, 6.45) is 5.77. The van der Waals surface area contributed by atoms with E-state index in [2.05, 4.69) is 30.7 Å². The average molecular weight is 366 g/mol. The third-order valence-corrected chi connectivity index (χ3v) is 4.83. The summed E-state index contributed by atoms with van der Waals surface area (Å²) in [7, 11) is 0. The number of imidazole rings is 1. The Morgan fingerprint density at radius 3 is 3.00 bits per heavy atom. The highest BCUT2D eigenvalue weighted by molar-refractivity contribution is 5.82. The molecule has 3 aromatic rings. The molecule has 1 aromatic carbocycles. The molecule has 1 amide bonds. The number of nitrogens with zero attached hydrogens (tertiary/aromatic N) is 3. The molecule has 1 saturated heterocycles. The predicted molar refractivity (Wildman–Crippen MR) is 100 cm³/mol. The molecule has 4 rings (SSSR count). The number of benzene rings is 1. The van der Waals surface area contributed by atoms with Crippen molar-refractivity contribution in [3.05, 3.63) is 60.7 Å². The Balaban J connectivity index is 1.37. The highest BCUT2D eigenvalue weighted by Crippen LogP contribution is 2.16. The molecule has 8 heteroatoms. The fraction of sp³-hybridized carbons (Fsp3) is 0.316. The predicted octanol–water partition coefficient (Wildman–Crippen LogP) is 0.516. The van der Waals surface area contributed by atoms with Gasteiger partial charge in [-0.05, 0) is 30.2 Å². The number of aliphatic hydroxyl groups excluding tert-OH is 1. The van der Waals surface area contributed by atoms with Crippen LogP contribution in [0, 0.1) is 0 Å². The molecule has 0 spiro atoms. The lowest BCUT2D eigenvalue weighted by molar-refractivity contribution is -0.124. The number of nitrogens with one attached hydrogen (secondary N) is 3. The lowest BCUT2D eigenvalue weighted by Gasteiger charge is -2.18. The number of aromatic nitrogens is 3. The lowest BCUT2D eigenvalue weighted by atomic mass is 10.1. The SMILES string of the molecule is O=C(NC(CO)c1cccnc1)C1CC(Cn2cnc3ccccc32)NN1. The smallest absolute Gasteiger partial charge is 0.239 e. The van der Waals surface area contributed by atoms with Gasteiger partial charge in [0, 0.05) is 25.0 Å². The molecule has 140 valence electrons. The third-order valence-electron chi connectivity index (χ3n) is 4.83. The molecule has 1 fully saturated rings. The lowest BCUT2D eigenvalue weighted by Crippen LogP contribution is -2.45. The zero-order valence-corrected chi connectivity index (χ0v) is 14.7. The zero-order valence-electron chi connectivity index (χ0n) is 14.7. The third kappa shape index (κ3) is 3.82. The monoisotopic (exact) mass is 366 g/mol. The van der Waals surface area contributed by atoms with E-state index in [1.165, 1.54) is 0 Å². The number of fused-ring (bicyclic) bond motifs is 1. The minimum absolute atomic E-state index is 0.101. The maximum absolute atomic E-state index is 12.6. The van der Waals surface area contributed by atoms with Gasteiger partial charge < -0.3 is 15.0 Å². The van der Waals surface area contributed by atoms with E-state index in [0.29, 0.717) is 13.0 Å².